The molecule has 0 saturated heterocycles. The minimum atomic E-state index is 0.905. The minimum Gasteiger partial charge on any atom is -0.103 e. The molecule has 0 N–H and O–H groups in total. The zero-order valence-electron chi connectivity index (χ0n) is 3.85. The molecule has 0 aromatic carbocycles. The van der Waals surface area contributed by atoms with Crippen molar-refractivity contribution in [2.45, 2.75) is 12.8 Å². The molecule has 0 aromatic heterocycles. The molecular formula is C6H9+. The zero-order chi connectivity index (χ0) is 4.41. The highest BCUT2D eigenvalue weighted by atomic mass is 14.2. The largest absolute Gasteiger partial charge is 0.141 e. The van der Waals surface area contributed by atoms with Gasteiger partial charge in [-0.3, -0.25) is 0 Å². The summed E-state index contributed by atoms with van der Waals surface area (Å²) in [5.41, 5.74) is 0. The van der Waals surface area contributed by atoms with Crippen LogP contribution in [0, 0.1) is 12.3 Å². The minimum absolute atomic E-state index is 0.905. The molecule has 32 valence electrons. The fourth-order valence-electron chi connectivity index (χ4n) is 0.503. The van der Waals surface area contributed by atoms with Gasteiger partial charge in [0.2, 0.25) is 0 Å². The van der Waals surface area contributed by atoms with E-state index < -0.39 is 0 Å². The van der Waals surface area contributed by atoms with E-state index >= 15 is 0 Å². The van der Waals surface area contributed by atoms with E-state index in [0.717, 1.165) is 5.92 Å². The number of hydrogen-bond acceptors (Lipinski definition) is 0. The van der Waals surface area contributed by atoms with E-state index in [-0.39, 0.29) is 0 Å². The normalized spacial score (nSPS) is 28.3. The van der Waals surface area contributed by atoms with Crippen molar-refractivity contribution in [1.82, 2.24) is 0 Å². The molecule has 1 saturated carbocycles. The molecule has 1 atom stereocenters. The first kappa shape index (κ1) is 3.79. The van der Waals surface area contributed by atoms with Crippen molar-refractivity contribution in [1.29, 1.82) is 0 Å². The molecule has 0 spiro atoms. The quantitative estimate of drug-likeness (QED) is 0.351. The molecule has 1 fully saturated rings. The van der Waals surface area contributed by atoms with Crippen molar-refractivity contribution < 1.29 is 0 Å². The first-order valence-electron chi connectivity index (χ1n) is 2.37. The lowest BCUT2D eigenvalue weighted by molar-refractivity contribution is 0.894. The lowest BCUT2D eigenvalue weighted by Crippen LogP contribution is -1.63. The third-order valence-electron chi connectivity index (χ3n) is 1.04. The molecule has 1 rings (SSSR count). The Labute approximate surface area is 38.9 Å². The van der Waals surface area contributed by atoms with Gasteiger partial charge in [-0.15, -0.1) is 6.58 Å². The van der Waals surface area contributed by atoms with Crippen LogP contribution in [0.2, 0.25) is 0 Å². The fourth-order valence-corrected chi connectivity index (χ4v) is 0.503. The average Bonchev–Trinajstić information content (AvgIpc) is 2.21. The van der Waals surface area contributed by atoms with Crippen LogP contribution in [0.15, 0.2) is 12.7 Å². The molecule has 0 radical (unpaired) electrons. The maximum Gasteiger partial charge on any atom is 0.141 e. The summed E-state index contributed by atoms with van der Waals surface area (Å²) < 4.78 is 0. The summed E-state index contributed by atoms with van der Waals surface area (Å²) in [6.45, 7) is 3.62. The van der Waals surface area contributed by atoms with Gasteiger partial charge in [-0.05, 0) is 0 Å². The Hall–Kier alpha value is -0.390. The van der Waals surface area contributed by atoms with Gasteiger partial charge >= 0.3 is 0 Å². The molecule has 0 heteroatoms. The Kier molecular flexibility index (Phi) is 0.868. The maximum absolute atomic E-state index is 3.62. The first-order valence-corrected chi connectivity index (χ1v) is 2.37. The van der Waals surface area contributed by atoms with Crippen LogP contribution in [0.4, 0.5) is 0 Å². The van der Waals surface area contributed by atoms with Gasteiger partial charge in [0.25, 0.3) is 0 Å². The van der Waals surface area contributed by atoms with Crippen molar-refractivity contribution in [2.75, 3.05) is 0 Å². The van der Waals surface area contributed by atoms with Gasteiger partial charge in [0.15, 0.2) is 0 Å². The predicted molar refractivity (Wildman–Crippen MR) is 27.2 cm³/mol. The van der Waals surface area contributed by atoms with Crippen LogP contribution in [-0.2, 0) is 0 Å². The Morgan fingerprint density at radius 3 is 2.83 bits per heavy atom. The van der Waals surface area contributed by atoms with Crippen LogP contribution in [0.5, 0.6) is 0 Å². The molecule has 0 aromatic rings. The van der Waals surface area contributed by atoms with Crippen LogP contribution in [0.3, 0.4) is 0 Å². The lowest BCUT2D eigenvalue weighted by Gasteiger charge is -1.68. The average molecular weight is 81.1 g/mol. The second-order valence-electron chi connectivity index (χ2n) is 1.76. The molecule has 1 aliphatic carbocycles. The van der Waals surface area contributed by atoms with Crippen molar-refractivity contribution in [3.8, 4) is 0 Å². The van der Waals surface area contributed by atoms with Crippen LogP contribution < -0.4 is 0 Å². The second-order valence-corrected chi connectivity index (χ2v) is 1.76. The molecule has 0 aliphatic heterocycles. The molecule has 6 heavy (non-hydrogen) atoms. The molecule has 1 aliphatic rings. The predicted octanol–water partition coefficient (Wildman–Crippen LogP) is 1.79. The topological polar surface area (TPSA) is 0 Å². The summed E-state index contributed by atoms with van der Waals surface area (Å²) in [6, 6.07) is 0. The third-order valence-corrected chi connectivity index (χ3v) is 1.04. The zero-order valence-corrected chi connectivity index (χ0v) is 3.85. The van der Waals surface area contributed by atoms with Gasteiger partial charge in [0.05, 0.1) is 6.42 Å². The van der Waals surface area contributed by atoms with Crippen LogP contribution in [0.25, 0.3) is 0 Å². The first-order chi connectivity index (χ1) is 2.93. The van der Waals surface area contributed by atoms with Crippen LogP contribution >= 0.6 is 0 Å². The number of hydrogen-bond donors (Lipinski definition) is 0. The standard InChI is InChI=1S/C6H9/c1-2-3-6-4-5-6/h2,4,6H,1,3,5H2/q+1. The summed E-state index contributed by atoms with van der Waals surface area (Å²) in [7, 11) is 0. The van der Waals surface area contributed by atoms with Gasteiger partial charge in [0.1, 0.15) is 12.3 Å². The summed E-state index contributed by atoms with van der Waals surface area (Å²) in [5, 5.41) is 0. The van der Waals surface area contributed by atoms with E-state index in [1.165, 1.54) is 12.8 Å². The summed E-state index contributed by atoms with van der Waals surface area (Å²) in [6.07, 6.45) is 6.81. The SMILES string of the molecule is C=CCC1[CH+]C1. The van der Waals surface area contributed by atoms with E-state index in [0.29, 0.717) is 0 Å². The van der Waals surface area contributed by atoms with E-state index in [9.17, 15) is 0 Å². The lowest BCUT2D eigenvalue weighted by atomic mass is 10.3. The Bertz CT molecular complexity index is 51.1. The summed E-state index contributed by atoms with van der Waals surface area (Å²) in [5.74, 6) is 0.905. The van der Waals surface area contributed by atoms with Crippen molar-refractivity contribution in [3.63, 3.8) is 0 Å². The smallest absolute Gasteiger partial charge is 0.103 e. The maximum atomic E-state index is 3.62. The van der Waals surface area contributed by atoms with Gasteiger partial charge < -0.3 is 0 Å². The van der Waals surface area contributed by atoms with E-state index in [4.69, 9.17) is 0 Å². The fraction of sp³-hybridized carbons (Fsp3) is 0.500. The van der Waals surface area contributed by atoms with Crippen LogP contribution in [0.1, 0.15) is 12.8 Å². The third kappa shape index (κ3) is 0.781. The molecule has 0 nitrogen and oxygen atoms in total. The van der Waals surface area contributed by atoms with E-state index in [1.807, 2.05) is 6.08 Å². The van der Waals surface area contributed by atoms with Gasteiger partial charge in [-0.1, -0.05) is 6.08 Å². The molecule has 0 heterocycles. The summed E-state index contributed by atoms with van der Waals surface area (Å²) >= 11 is 0. The van der Waals surface area contributed by atoms with Crippen molar-refractivity contribution in [3.05, 3.63) is 19.1 Å². The molecule has 1 unspecified atom stereocenters. The Morgan fingerprint density at radius 1 is 2.00 bits per heavy atom. The van der Waals surface area contributed by atoms with Gasteiger partial charge in [0, 0.05) is 6.42 Å². The highest BCUT2D eigenvalue weighted by Crippen LogP contribution is 2.30. The Balaban J connectivity index is 2.00. The number of allylic oxidation sites excluding steroid dienone is 1. The van der Waals surface area contributed by atoms with Gasteiger partial charge in [-0.2, -0.15) is 0 Å². The second kappa shape index (κ2) is 1.38. The highest BCUT2D eigenvalue weighted by Gasteiger charge is 2.33. The molecular weight excluding hydrogens is 72.1 g/mol. The van der Waals surface area contributed by atoms with Gasteiger partial charge in [-0.25, -0.2) is 0 Å². The Morgan fingerprint density at radius 2 is 2.67 bits per heavy atom. The van der Waals surface area contributed by atoms with Crippen molar-refractivity contribution in [2.24, 2.45) is 5.92 Å². The molecule has 0 amide bonds. The van der Waals surface area contributed by atoms with E-state index in [2.05, 4.69) is 13.0 Å². The van der Waals surface area contributed by atoms with Crippen molar-refractivity contribution >= 4 is 0 Å². The van der Waals surface area contributed by atoms with Crippen LogP contribution in [-0.4, -0.2) is 0 Å². The number of rotatable bonds is 2. The molecule has 0 bridgehead atoms. The highest BCUT2D eigenvalue weighted by molar-refractivity contribution is 4.97. The van der Waals surface area contributed by atoms with E-state index in [1.54, 1.807) is 0 Å². The summed E-state index contributed by atoms with van der Waals surface area (Å²) in [4.78, 5) is 0. The monoisotopic (exact) mass is 81.1 g/mol.